The minimum absolute atomic E-state index is 0.172. The molecule has 0 saturated carbocycles. The number of rotatable bonds is 2. The van der Waals surface area contributed by atoms with Crippen LogP contribution in [0.15, 0.2) is 60.7 Å². The van der Waals surface area contributed by atoms with Gasteiger partial charge in [0.25, 0.3) is 0 Å². The summed E-state index contributed by atoms with van der Waals surface area (Å²) in [7, 11) is 0. The van der Waals surface area contributed by atoms with Crippen molar-refractivity contribution in [2.24, 2.45) is 0 Å². The lowest BCUT2D eigenvalue weighted by Crippen LogP contribution is -2.15. The highest BCUT2D eigenvalue weighted by Gasteiger charge is 2.27. The van der Waals surface area contributed by atoms with Crippen LogP contribution in [0.2, 0.25) is 0 Å². The van der Waals surface area contributed by atoms with Crippen LogP contribution in [0.5, 0.6) is 0 Å². The van der Waals surface area contributed by atoms with Crippen molar-refractivity contribution >= 4 is 0 Å². The van der Waals surface area contributed by atoms with E-state index in [9.17, 15) is 10.2 Å². The highest BCUT2D eigenvalue weighted by molar-refractivity contribution is 5.22. The maximum atomic E-state index is 9.52. The first-order valence-corrected chi connectivity index (χ1v) is 8.37. The van der Waals surface area contributed by atoms with Crippen LogP contribution in [-0.4, -0.2) is 48.8 Å². The summed E-state index contributed by atoms with van der Waals surface area (Å²) in [4.78, 5) is 0. The summed E-state index contributed by atoms with van der Waals surface area (Å²) in [6, 6.07) is 20.0. The number of hydrogen-bond acceptors (Lipinski definition) is 4. The van der Waals surface area contributed by atoms with Gasteiger partial charge in [0, 0.05) is 11.8 Å². The summed E-state index contributed by atoms with van der Waals surface area (Å²) >= 11 is 0. The molecule has 2 aliphatic heterocycles. The van der Waals surface area contributed by atoms with E-state index in [4.69, 9.17) is 9.47 Å². The lowest BCUT2D eigenvalue weighted by Gasteiger charge is -2.11. The molecule has 2 N–H and O–H groups in total. The second kappa shape index (κ2) is 8.40. The number of ether oxygens (including phenoxy) is 2. The van der Waals surface area contributed by atoms with E-state index < -0.39 is 0 Å². The summed E-state index contributed by atoms with van der Waals surface area (Å²) in [6.45, 7) is 2.23. The van der Waals surface area contributed by atoms with Gasteiger partial charge in [-0.2, -0.15) is 0 Å². The molecule has 2 aliphatic rings. The predicted octanol–water partition coefficient (Wildman–Crippen LogP) is 2.32. The Morgan fingerprint density at radius 2 is 0.958 bits per heavy atom. The smallest absolute Gasteiger partial charge is 0.0864 e. The first-order valence-electron chi connectivity index (χ1n) is 8.37. The molecule has 0 spiro atoms. The van der Waals surface area contributed by atoms with E-state index in [2.05, 4.69) is 0 Å². The molecule has 0 radical (unpaired) electrons. The molecule has 4 atom stereocenters. The Kier molecular flexibility index (Phi) is 5.99. The third-order valence-electron chi connectivity index (χ3n) is 4.56. The Morgan fingerprint density at radius 1 is 0.583 bits per heavy atom. The van der Waals surface area contributed by atoms with Crippen molar-refractivity contribution in [2.75, 3.05) is 26.4 Å². The van der Waals surface area contributed by atoms with Crippen molar-refractivity contribution in [3.8, 4) is 0 Å². The molecule has 2 saturated heterocycles. The molecular weight excluding hydrogens is 304 g/mol. The quantitative estimate of drug-likeness (QED) is 0.888. The normalized spacial score (nSPS) is 29.1. The van der Waals surface area contributed by atoms with Crippen LogP contribution < -0.4 is 0 Å². The lowest BCUT2D eigenvalue weighted by molar-refractivity contribution is 0.124. The van der Waals surface area contributed by atoms with Gasteiger partial charge in [-0.1, -0.05) is 60.7 Å². The van der Waals surface area contributed by atoms with Gasteiger partial charge < -0.3 is 19.7 Å². The van der Waals surface area contributed by atoms with Crippen molar-refractivity contribution in [3.63, 3.8) is 0 Å². The van der Waals surface area contributed by atoms with Crippen molar-refractivity contribution in [1.82, 2.24) is 0 Å². The second-order valence-corrected chi connectivity index (χ2v) is 6.24. The van der Waals surface area contributed by atoms with Crippen LogP contribution in [0.25, 0.3) is 0 Å². The van der Waals surface area contributed by atoms with Crippen LogP contribution in [0, 0.1) is 0 Å². The lowest BCUT2D eigenvalue weighted by atomic mass is 9.97. The number of hydrogen-bond donors (Lipinski definition) is 2. The molecule has 0 unspecified atom stereocenters. The molecule has 2 fully saturated rings. The van der Waals surface area contributed by atoms with Crippen LogP contribution in [0.4, 0.5) is 0 Å². The van der Waals surface area contributed by atoms with Gasteiger partial charge in [-0.25, -0.2) is 0 Å². The average Bonchev–Trinajstić information content (AvgIpc) is 3.25. The Hall–Kier alpha value is -1.72. The topological polar surface area (TPSA) is 58.9 Å². The predicted molar refractivity (Wildman–Crippen MR) is 92.0 cm³/mol. The van der Waals surface area contributed by atoms with Gasteiger partial charge in [0.2, 0.25) is 0 Å². The highest BCUT2D eigenvalue weighted by atomic mass is 16.5. The standard InChI is InChI=1S/2C10H12O2/c2*11-10-7-12-6-9(10)8-4-2-1-3-5-8/h2*1-5,9-11H,6-7H2/t2*9-,10+/m10/s1. The fourth-order valence-electron chi connectivity index (χ4n) is 3.12. The Labute approximate surface area is 142 Å². The zero-order chi connectivity index (χ0) is 16.8. The van der Waals surface area contributed by atoms with Crippen LogP contribution in [-0.2, 0) is 9.47 Å². The monoisotopic (exact) mass is 328 g/mol. The van der Waals surface area contributed by atoms with E-state index >= 15 is 0 Å². The maximum Gasteiger partial charge on any atom is 0.0864 e. The molecule has 2 aromatic carbocycles. The zero-order valence-corrected chi connectivity index (χ0v) is 13.6. The Balaban J connectivity index is 0.000000141. The van der Waals surface area contributed by atoms with Crippen molar-refractivity contribution in [2.45, 2.75) is 24.0 Å². The van der Waals surface area contributed by atoms with E-state index in [-0.39, 0.29) is 24.0 Å². The summed E-state index contributed by atoms with van der Waals surface area (Å²) in [6.07, 6.45) is -0.653. The molecule has 4 rings (SSSR count). The summed E-state index contributed by atoms with van der Waals surface area (Å²) in [5, 5.41) is 19.0. The van der Waals surface area contributed by atoms with E-state index in [0.29, 0.717) is 26.4 Å². The van der Waals surface area contributed by atoms with Crippen LogP contribution in [0.3, 0.4) is 0 Å². The van der Waals surface area contributed by atoms with Gasteiger partial charge in [-0.3, -0.25) is 0 Å². The fraction of sp³-hybridized carbons (Fsp3) is 0.400. The largest absolute Gasteiger partial charge is 0.390 e. The number of benzene rings is 2. The molecule has 4 nitrogen and oxygen atoms in total. The van der Waals surface area contributed by atoms with Crippen molar-refractivity contribution in [1.29, 1.82) is 0 Å². The maximum absolute atomic E-state index is 9.52. The SMILES string of the molecule is O[C@@H]1COC[C@H]1c1ccccc1.O[C@H]1COC[C@@H]1c1ccccc1. The molecule has 0 aromatic heterocycles. The highest BCUT2D eigenvalue weighted by Crippen LogP contribution is 2.25. The Morgan fingerprint density at radius 3 is 1.25 bits per heavy atom. The van der Waals surface area contributed by atoms with Gasteiger partial charge in [-0.15, -0.1) is 0 Å². The molecule has 0 bridgehead atoms. The average molecular weight is 328 g/mol. The third kappa shape index (κ3) is 4.22. The third-order valence-corrected chi connectivity index (χ3v) is 4.56. The molecule has 0 amide bonds. The van der Waals surface area contributed by atoms with E-state index in [1.54, 1.807) is 0 Å². The van der Waals surface area contributed by atoms with E-state index in [0.717, 1.165) is 0 Å². The van der Waals surface area contributed by atoms with Gasteiger partial charge in [0.05, 0.1) is 38.6 Å². The minimum Gasteiger partial charge on any atom is -0.390 e. The van der Waals surface area contributed by atoms with Gasteiger partial charge in [-0.05, 0) is 11.1 Å². The van der Waals surface area contributed by atoms with E-state index in [1.807, 2.05) is 60.7 Å². The molecule has 128 valence electrons. The van der Waals surface area contributed by atoms with Gasteiger partial charge in [0.1, 0.15) is 0 Å². The number of aliphatic hydroxyl groups excluding tert-OH is 2. The van der Waals surface area contributed by atoms with Gasteiger partial charge >= 0.3 is 0 Å². The zero-order valence-electron chi connectivity index (χ0n) is 13.6. The summed E-state index contributed by atoms with van der Waals surface area (Å²) < 4.78 is 10.3. The molecule has 2 aromatic rings. The molecule has 4 heteroatoms. The van der Waals surface area contributed by atoms with Gasteiger partial charge in [0.15, 0.2) is 0 Å². The van der Waals surface area contributed by atoms with Crippen LogP contribution >= 0.6 is 0 Å². The van der Waals surface area contributed by atoms with Crippen molar-refractivity contribution in [3.05, 3.63) is 71.8 Å². The minimum atomic E-state index is -0.326. The fourth-order valence-corrected chi connectivity index (χ4v) is 3.12. The first-order chi connectivity index (χ1) is 11.8. The second-order valence-electron chi connectivity index (χ2n) is 6.24. The molecule has 24 heavy (non-hydrogen) atoms. The van der Waals surface area contributed by atoms with E-state index in [1.165, 1.54) is 11.1 Å². The first kappa shape index (κ1) is 17.1. The number of aliphatic hydroxyl groups is 2. The molecular formula is C20H24O4. The summed E-state index contributed by atoms with van der Waals surface area (Å²) in [5.74, 6) is 0.345. The Bertz CT molecular complexity index is 546. The molecule has 0 aliphatic carbocycles. The summed E-state index contributed by atoms with van der Waals surface area (Å²) in [5.41, 5.74) is 2.34. The molecule has 2 heterocycles. The van der Waals surface area contributed by atoms with Crippen LogP contribution in [0.1, 0.15) is 23.0 Å². The van der Waals surface area contributed by atoms with Crippen molar-refractivity contribution < 1.29 is 19.7 Å².